The summed E-state index contributed by atoms with van der Waals surface area (Å²) in [4.78, 5) is 12.0. The molecule has 1 N–H and O–H groups in total. The quantitative estimate of drug-likeness (QED) is 0.836. The number of hydrogen-bond acceptors (Lipinski definition) is 3. The fourth-order valence-corrected chi connectivity index (χ4v) is 2.13. The highest BCUT2D eigenvalue weighted by atomic mass is 19.4. The summed E-state index contributed by atoms with van der Waals surface area (Å²) in [5, 5.41) is 2.40. The van der Waals surface area contributed by atoms with Gasteiger partial charge in [0.1, 0.15) is 11.5 Å². The lowest BCUT2D eigenvalue weighted by Crippen LogP contribution is -2.21. The Morgan fingerprint density at radius 3 is 2.52 bits per heavy atom. The number of carbonyl (C=O) groups is 1. The van der Waals surface area contributed by atoms with E-state index in [1.807, 2.05) is 13.0 Å². The van der Waals surface area contributed by atoms with Gasteiger partial charge >= 0.3 is 6.18 Å². The molecule has 0 heterocycles. The predicted molar refractivity (Wildman–Crippen MR) is 87.9 cm³/mol. The molecule has 0 bridgehead atoms. The number of nitrogens with one attached hydrogen (secondary N) is 1. The van der Waals surface area contributed by atoms with Gasteiger partial charge in [-0.25, -0.2) is 0 Å². The molecular formula is C18H18F3NO3. The molecular weight excluding hydrogens is 335 g/mol. The topological polar surface area (TPSA) is 47.6 Å². The average molecular weight is 353 g/mol. The number of ether oxygens (including phenoxy) is 2. The van der Waals surface area contributed by atoms with Crippen molar-refractivity contribution in [3.05, 3.63) is 53.6 Å². The van der Waals surface area contributed by atoms with Crippen molar-refractivity contribution in [1.82, 2.24) is 0 Å². The molecule has 0 aliphatic carbocycles. The van der Waals surface area contributed by atoms with E-state index in [9.17, 15) is 18.0 Å². The first-order chi connectivity index (χ1) is 11.8. The largest absolute Gasteiger partial charge is 0.492 e. The number of halogens is 3. The molecule has 2 aromatic carbocycles. The molecule has 2 rings (SSSR count). The normalized spacial score (nSPS) is 11.1. The molecule has 0 saturated heterocycles. The van der Waals surface area contributed by atoms with Crippen LogP contribution in [-0.4, -0.2) is 19.1 Å². The van der Waals surface area contributed by atoms with Crippen molar-refractivity contribution in [3.63, 3.8) is 0 Å². The van der Waals surface area contributed by atoms with Gasteiger partial charge in [-0.2, -0.15) is 13.2 Å². The second-order valence-corrected chi connectivity index (χ2v) is 5.30. The number of amides is 1. The van der Waals surface area contributed by atoms with E-state index < -0.39 is 17.6 Å². The summed E-state index contributed by atoms with van der Waals surface area (Å²) in [6.45, 7) is 3.51. The minimum absolute atomic E-state index is 0.0467. The molecule has 1 amide bonds. The van der Waals surface area contributed by atoms with E-state index in [1.54, 1.807) is 25.1 Å². The SMILES string of the molecule is CCOc1ccc(C(F)(F)F)cc1NC(=O)COc1cccc(C)c1. The zero-order chi connectivity index (χ0) is 18.4. The van der Waals surface area contributed by atoms with Crippen molar-refractivity contribution in [2.45, 2.75) is 20.0 Å². The van der Waals surface area contributed by atoms with Crippen LogP contribution in [0.15, 0.2) is 42.5 Å². The van der Waals surface area contributed by atoms with E-state index in [-0.39, 0.29) is 24.7 Å². The molecule has 7 heteroatoms. The smallest absolute Gasteiger partial charge is 0.416 e. The zero-order valence-corrected chi connectivity index (χ0v) is 13.8. The third-order valence-corrected chi connectivity index (χ3v) is 3.24. The minimum Gasteiger partial charge on any atom is -0.492 e. The second kappa shape index (κ2) is 7.92. The highest BCUT2D eigenvalue weighted by Gasteiger charge is 2.31. The molecule has 2 aromatic rings. The van der Waals surface area contributed by atoms with Crippen LogP contribution in [0.25, 0.3) is 0 Å². The van der Waals surface area contributed by atoms with Crippen LogP contribution >= 0.6 is 0 Å². The molecule has 134 valence electrons. The first kappa shape index (κ1) is 18.6. The molecule has 0 saturated carbocycles. The van der Waals surface area contributed by atoms with Crippen LogP contribution in [0.3, 0.4) is 0 Å². The van der Waals surface area contributed by atoms with Gasteiger partial charge in [-0.3, -0.25) is 4.79 Å². The highest BCUT2D eigenvalue weighted by molar-refractivity contribution is 5.93. The van der Waals surface area contributed by atoms with E-state index in [0.29, 0.717) is 5.75 Å². The van der Waals surface area contributed by atoms with E-state index >= 15 is 0 Å². The van der Waals surface area contributed by atoms with Crippen molar-refractivity contribution in [2.75, 3.05) is 18.5 Å². The number of alkyl halides is 3. The molecule has 0 fully saturated rings. The number of hydrogen-bond donors (Lipinski definition) is 1. The van der Waals surface area contributed by atoms with E-state index in [0.717, 1.165) is 17.7 Å². The number of aryl methyl sites for hydroxylation is 1. The summed E-state index contributed by atoms with van der Waals surface area (Å²) < 4.78 is 49.2. The lowest BCUT2D eigenvalue weighted by molar-refractivity contribution is -0.137. The van der Waals surface area contributed by atoms with Crippen molar-refractivity contribution in [3.8, 4) is 11.5 Å². The third-order valence-electron chi connectivity index (χ3n) is 3.24. The van der Waals surface area contributed by atoms with Gasteiger partial charge in [-0.05, 0) is 49.7 Å². The predicted octanol–water partition coefficient (Wildman–Crippen LogP) is 4.43. The molecule has 0 unspecified atom stereocenters. The van der Waals surface area contributed by atoms with Crippen LogP contribution in [0, 0.1) is 6.92 Å². The van der Waals surface area contributed by atoms with E-state index in [1.165, 1.54) is 6.07 Å². The number of benzene rings is 2. The van der Waals surface area contributed by atoms with Crippen molar-refractivity contribution in [2.24, 2.45) is 0 Å². The average Bonchev–Trinajstić information content (AvgIpc) is 2.54. The zero-order valence-electron chi connectivity index (χ0n) is 13.8. The minimum atomic E-state index is -4.51. The Morgan fingerprint density at radius 2 is 1.88 bits per heavy atom. The van der Waals surface area contributed by atoms with Gasteiger partial charge in [0.15, 0.2) is 6.61 Å². The van der Waals surface area contributed by atoms with Crippen molar-refractivity contribution in [1.29, 1.82) is 0 Å². The van der Waals surface area contributed by atoms with Gasteiger partial charge in [0.05, 0.1) is 17.9 Å². The Morgan fingerprint density at radius 1 is 1.12 bits per heavy atom. The molecule has 0 aliphatic heterocycles. The summed E-state index contributed by atoms with van der Waals surface area (Å²) in [6, 6.07) is 10.0. The number of carbonyl (C=O) groups excluding carboxylic acids is 1. The van der Waals surface area contributed by atoms with Crippen molar-refractivity contribution >= 4 is 11.6 Å². The fourth-order valence-electron chi connectivity index (χ4n) is 2.13. The van der Waals surface area contributed by atoms with Crippen molar-refractivity contribution < 1.29 is 27.4 Å². The molecule has 25 heavy (non-hydrogen) atoms. The van der Waals surface area contributed by atoms with Crippen LogP contribution < -0.4 is 14.8 Å². The standard InChI is InChI=1S/C18H18F3NO3/c1-3-24-16-8-7-13(18(19,20)21)10-15(16)22-17(23)11-25-14-6-4-5-12(2)9-14/h4-10H,3,11H2,1-2H3,(H,22,23). The Bertz CT molecular complexity index is 745. The summed E-state index contributed by atoms with van der Waals surface area (Å²) in [6.07, 6.45) is -4.51. The summed E-state index contributed by atoms with van der Waals surface area (Å²) in [5.41, 5.74) is 0.0507. The first-order valence-corrected chi connectivity index (χ1v) is 7.63. The number of anilines is 1. The maximum atomic E-state index is 12.9. The van der Waals surface area contributed by atoms with Gasteiger partial charge in [0.25, 0.3) is 5.91 Å². The Labute approximate surface area is 143 Å². The Kier molecular flexibility index (Phi) is 5.90. The summed E-state index contributed by atoms with van der Waals surface area (Å²) in [7, 11) is 0. The molecule has 0 aromatic heterocycles. The first-order valence-electron chi connectivity index (χ1n) is 7.63. The highest BCUT2D eigenvalue weighted by Crippen LogP contribution is 2.35. The Balaban J connectivity index is 2.10. The Hall–Kier alpha value is -2.70. The molecule has 0 spiro atoms. The molecule has 0 radical (unpaired) electrons. The molecule has 0 aliphatic rings. The molecule has 0 atom stereocenters. The fraction of sp³-hybridized carbons (Fsp3) is 0.278. The van der Waals surface area contributed by atoms with E-state index in [2.05, 4.69) is 5.32 Å². The van der Waals surface area contributed by atoms with Crippen LogP contribution in [0.2, 0.25) is 0 Å². The molecule has 4 nitrogen and oxygen atoms in total. The van der Waals surface area contributed by atoms with E-state index in [4.69, 9.17) is 9.47 Å². The maximum absolute atomic E-state index is 12.9. The van der Waals surface area contributed by atoms with Crippen LogP contribution in [0.4, 0.5) is 18.9 Å². The van der Waals surface area contributed by atoms with Gasteiger partial charge in [-0.1, -0.05) is 12.1 Å². The monoisotopic (exact) mass is 353 g/mol. The van der Waals surface area contributed by atoms with Crippen LogP contribution in [0.5, 0.6) is 11.5 Å². The lowest BCUT2D eigenvalue weighted by atomic mass is 10.1. The summed E-state index contributed by atoms with van der Waals surface area (Å²) >= 11 is 0. The van der Waals surface area contributed by atoms with Crippen LogP contribution in [-0.2, 0) is 11.0 Å². The van der Waals surface area contributed by atoms with Gasteiger partial charge in [0.2, 0.25) is 0 Å². The second-order valence-electron chi connectivity index (χ2n) is 5.30. The third kappa shape index (κ3) is 5.41. The maximum Gasteiger partial charge on any atom is 0.416 e. The summed E-state index contributed by atoms with van der Waals surface area (Å²) in [5.74, 6) is 0.0883. The van der Waals surface area contributed by atoms with Gasteiger partial charge in [0, 0.05) is 0 Å². The number of rotatable bonds is 6. The van der Waals surface area contributed by atoms with Gasteiger partial charge in [-0.15, -0.1) is 0 Å². The van der Waals surface area contributed by atoms with Gasteiger partial charge < -0.3 is 14.8 Å². The lowest BCUT2D eigenvalue weighted by Gasteiger charge is -2.15. The van der Waals surface area contributed by atoms with Crippen LogP contribution in [0.1, 0.15) is 18.1 Å².